The third-order valence-corrected chi connectivity index (χ3v) is 7.20. The van der Waals surface area contributed by atoms with Crippen LogP contribution in [0.15, 0.2) is 41.6 Å². The lowest BCUT2D eigenvalue weighted by atomic mass is 9.92. The second-order valence-electron chi connectivity index (χ2n) is 7.01. The number of sulfonamides is 1. The van der Waals surface area contributed by atoms with E-state index in [1.165, 1.54) is 10.5 Å². The highest BCUT2D eigenvalue weighted by Crippen LogP contribution is 2.33. The van der Waals surface area contributed by atoms with Gasteiger partial charge in [0.05, 0.1) is 11.7 Å². The van der Waals surface area contributed by atoms with Crippen LogP contribution in [0.5, 0.6) is 0 Å². The molecule has 1 N–H and O–H groups in total. The van der Waals surface area contributed by atoms with Crippen molar-refractivity contribution >= 4 is 15.9 Å². The van der Waals surface area contributed by atoms with Gasteiger partial charge in [-0.3, -0.25) is 9.48 Å². The molecule has 4 rings (SSSR count). The molecule has 0 unspecified atom stereocenters. The highest BCUT2D eigenvalue weighted by Gasteiger charge is 2.45. The van der Waals surface area contributed by atoms with Gasteiger partial charge in [-0.1, -0.05) is 18.2 Å². The summed E-state index contributed by atoms with van der Waals surface area (Å²) in [6.07, 6.45) is 5.06. The van der Waals surface area contributed by atoms with Gasteiger partial charge in [0.1, 0.15) is 4.90 Å². The lowest BCUT2D eigenvalue weighted by Crippen LogP contribution is -2.50. The molecule has 1 spiro atoms. The molecule has 2 aliphatic heterocycles. The van der Waals surface area contributed by atoms with Gasteiger partial charge in [0.2, 0.25) is 10.0 Å². The van der Waals surface area contributed by atoms with Crippen LogP contribution in [0.3, 0.4) is 0 Å². The summed E-state index contributed by atoms with van der Waals surface area (Å²) in [5.74, 6) is -0.115. The predicted molar refractivity (Wildman–Crippen MR) is 96.2 cm³/mol. The number of amides is 1. The van der Waals surface area contributed by atoms with Gasteiger partial charge < -0.3 is 5.32 Å². The number of aryl methyl sites for hydroxylation is 2. The molecular weight excluding hydrogens is 352 g/mol. The van der Waals surface area contributed by atoms with E-state index in [9.17, 15) is 13.2 Å². The first-order valence-corrected chi connectivity index (χ1v) is 10.3. The van der Waals surface area contributed by atoms with E-state index in [2.05, 4.69) is 10.4 Å². The Balaban J connectivity index is 1.57. The number of benzene rings is 1. The van der Waals surface area contributed by atoms with Crippen molar-refractivity contribution in [1.82, 2.24) is 19.4 Å². The van der Waals surface area contributed by atoms with Crippen molar-refractivity contribution in [2.75, 3.05) is 13.1 Å². The Morgan fingerprint density at radius 3 is 2.85 bits per heavy atom. The molecule has 1 saturated heterocycles. The number of carbonyl (C=O) groups is 1. The van der Waals surface area contributed by atoms with E-state index >= 15 is 0 Å². The molecule has 1 fully saturated rings. The fourth-order valence-corrected chi connectivity index (χ4v) is 5.33. The molecule has 0 aliphatic carbocycles. The number of aromatic nitrogens is 2. The molecule has 138 valence electrons. The Hall–Kier alpha value is -2.19. The smallest absolute Gasteiger partial charge is 0.252 e. The zero-order chi connectivity index (χ0) is 18.4. The molecule has 1 amide bonds. The molecular formula is C18H22N4O3S. The lowest BCUT2D eigenvalue weighted by Gasteiger charge is -2.28. The number of carbonyl (C=O) groups excluding carboxylic acids is 1. The minimum Gasteiger partial charge on any atom is -0.345 e. The van der Waals surface area contributed by atoms with E-state index in [1.54, 1.807) is 10.9 Å². The number of nitrogens with one attached hydrogen (secondary N) is 1. The average molecular weight is 374 g/mol. The van der Waals surface area contributed by atoms with E-state index in [4.69, 9.17) is 0 Å². The first-order chi connectivity index (χ1) is 12.4. The Labute approximate surface area is 153 Å². The van der Waals surface area contributed by atoms with Crippen molar-refractivity contribution in [2.45, 2.75) is 43.2 Å². The van der Waals surface area contributed by atoms with E-state index in [1.807, 2.05) is 31.2 Å². The van der Waals surface area contributed by atoms with Gasteiger partial charge in [0.25, 0.3) is 5.91 Å². The molecule has 0 radical (unpaired) electrons. The Morgan fingerprint density at radius 1 is 1.27 bits per heavy atom. The second kappa shape index (κ2) is 6.21. The van der Waals surface area contributed by atoms with Gasteiger partial charge in [-0.25, -0.2) is 8.42 Å². The highest BCUT2D eigenvalue weighted by atomic mass is 32.2. The fraction of sp³-hybridized carbons (Fsp3) is 0.444. The predicted octanol–water partition coefficient (Wildman–Crippen LogP) is 1.41. The monoisotopic (exact) mass is 374 g/mol. The van der Waals surface area contributed by atoms with E-state index in [0.29, 0.717) is 31.6 Å². The second-order valence-corrected chi connectivity index (χ2v) is 8.95. The van der Waals surface area contributed by atoms with Gasteiger partial charge in [0.15, 0.2) is 0 Å². The first kappa shape index (κ1) is 17.2. The van der Waals surface area contributed by atoms with Crippen molar-refractivity contribution in [3.8, 4) is 0 Å². The van der Waals surface area contributed by atoms with Crippen molar-refractivity contribution < 1.29 is 13.2 Å². The molecule has 0 saturated carbocycles. The quantitative estimate of drug-likeness (QED) is 0.880. The molecule has 7 nitrogen and oxygen atoms in total. The molecule has 2 aliphatic rings. The van der Waals surface area contributed by atoms with Crippen LogP contribution in [-0.2, 0) is 23.0 Å². The van der Waals surface area contributed by atoms with Gasteiger partial charge in [-0.2, -0.15) is 9.40 Å². The van der Waals surface area contributed by atoms with Crippen LogP contribution in [0, 0.1) is 0 Å². The number of fused-ring (bicyclic) bond motifs is 1. The van der Waals surface area contributed by atoms with Gasteiger partial charge in [-0.15, -0.1) is 0 Å². The van der Waals surface area contributed by atoms with Crippen LogP contribution in [0.25, 0.3) is 0 Å². The van der Waals surface area contributed by atoms with Gasteiger partial charge >= 0.3 is 0 Å². The summed E-state index contributed by atoms with van der Waals surface area (Å²) in [5.41, 5.74) is 1.20. The van der Waals surface area contributed by atoms with Crippen molar-refractivity contribution in [3.05, 3.63) is 47.8 Å². The van der Waals surface area contributed by atoms with Crippen molar-refractivity contribution in [2.24, 2.45) is 0 Å². The van der Waals surface area contributed by atoms with E-state index in [-0.39, 0.29) is 10.8 Å². The van der Waals surface area contributed by atoms with Crippen molar-refractivity contribution in [1.29, 1.82) is 0 Å². The minimum atomic E-state index is -3.60. The number of hydrogen-bond donors (Lipinski definition) is 1. The van der Waals surface area contributed by atoms with Crippen LogP contribution >= 0.6 is 0 Å². The number of rotatable bonds is 3. The van der Waals surface area contributed by atoms with Crippen molar-refractivity contribution in [3.63, 3.8) is 0 Å². The Bertz CT molecular complexity index is 953. The average Bonchev–Trinajstić information content (AvgIpc) is 3.25. The molecule has 8 heteroatoms. The zero-order valence-corrected chi connectivity index (χ0v) is 15.5. The molecule has 26 heavy (non-hydrogen) atoms. The Kier molecular flexibility index (Phi) is 4.11. The standard InChI is InChI=1S/C18H22N4O3S/c1-2-21-12-15(11-19-21)26(24,25)22-10-9-18(13-22)8-7-14-5-3-4-6-16(14)17(23)20-18/h3-6,11-12H,2,7-10,13H2,1H3,(H,20,23)/t18-/m1/s1. The lowest BCUT2D eigenvalue weighted by molar-refractivity contribution is 0.0906. The largest absolute Gasteiger partial charge is 0.345 e. The summed E-state index contributed by atoms with van der Waals surface area (Å²) < 4.78 is 28.9. The maximum absolute atomic E-state index is 12.9. The van der Waals surface area contributed by atoms with Crippen LogP contribution in [-0.4, -0.2) is 47.0 Å². The highest BCUT2D eigenvalue weighted by molar-refractivity contribution is 7.89. The fourth-order valence-electron chi connectivity index (χ4n) is 3.85. The zero-order valence-electron chi connectivity index (χ0n) is 14.7. The van der Waals surface area contributed by atoms with Gasteiger partial charge in [-0.05, 0) is 37.8 Å². The summed E-state index contributed by atoms with van der Waals surface area (Å²) in [6, 6.07) is 7.58. The summed E-state index contributed by atoms with van der Waals surface area (Å²) in [6.45, 7) is 3.23. The first-order valence-electron chi connectivity index (χ1n) is 8.87. The van der Waals surface area contributed by atoms with E-state index < -0.39 is 15.6 Å². The maximum atomic E-state index is 12.9. The topological polar surface area (TPSA) is 84.3 Å². The van der Waals surface area contributed by atoms with Gasteiger partial charge in [0, 0.05) is 31.4 Å². The molecule has 0 bridgehead atoms. The van der Waals surface area contributed by atoms with Crippen LogP contribution < -0.4 is 5.32 Å². The summed E-state index contributed by atoms with van der Waals surface area (Å²) in [4.78, 5) is 12.9. The maximum Gasteiger partial charge on any atom is 0.252 e. The summed E-state index contributed by atoms with van der Waals surface area (Å²) in [7, 11) is -3.60. The number of hydrogen-bond acceptors (Lipinski definition) is 4. The molecule has 2 aromatic rings. The molecule has 1 aromatic heterocycles. The minimum absolute atomic E-state index is 0.115. The SMILES string of the molecule is CCn1cc(S(=O)(=O)N2CC[C@]3(CCc4ccccc4C(=O)N3)C2)cn1. The summed E-state index contributed by atoms with van der Waals surface area (Å²) >= 11 is 0. The molecule has 1 atom stereocenters. The van der Waals surface area contributed by atoms with Crippen LogP contribution in [0.4, 0.5) is 0 Å². The van der Waals surface area contributed by atoms with Crippen LogP contribution in [0.2, 0.25) is 0 Å². The van der Waals surface area contributed by atoms with E-state index in [0.717, 1.165) is 18.4 Å². The third-order valence-electron chi connectivity index (χ3n) is 5.40. The normalized spacial score (nSPS) is 23.7. The molecule has 1 aromatic carbocycles. The number of nitrogens with zero attached hydrogens (tertiary/aromatic N) is 3. The molecule has 3 heterocycles. The van der Waals surface area contributed by atoms with Crippen LogP contribution in [0.1, 0.15) is 35.7 Å². The summed E-state index contributed by atoms with van der Waals surface area (Å²) in [5, 5.41) is 7.19. The third kappa shape index (κ3) is 2.83. The Morgan fingerprint density at radius 2 is 2.08 bits per heavy atom.